The van der Waals surface area contributed by atoms with Crippen molar-refractivity contribution in [2.75, 3.05) is 28.4 Å². The van der Waals surface area contributed by atoms with Gasteiger partial charge in [-0.25, -0.2) is 0 Å². The van der Waals surface area contributed by atoms with Crippen LogP contribution in [0.2, 0.25) is 0 Å². The summed E-state index contributed by atoms with van der Waals surface area (Å²) in [5.41, 5.74) is 1.89. The molecule has 3 atom stereocenters. The van der Waals surface area contributed by atoms with E-state index in [9.17, 15) is 30.0 Å². The molecule has 0 bridgehead atoms. The van der Waals surface area contributed by atoms with E-state index in [1.54, 1.807) is 24.3 Å². The lowest BCUT2D eigenvalue weighted by Gasteiger charge is -2.40. The lowest BCUT2D eigenvalue weighted by molar-refractivity contribution is 0.00408. The van der Waals surface area contributed by atoms with Gasteiger partial charge in [0, 0.05) is 27.7 Å². The molecule has 1 saturated heterocycles. The van der Waals surface area contributed by atoms with Crippen LogP contribution in [0.25, 0.3) is 0 Å². The highest BCUT2D eigenvalue weighted by atomic mass is 16.5. The standard InChI is InChI=1S/C40H38O11/c1-21-38(24-8-12-30(43)34(18-24)49-4)51-39(25-9-13-31(44)35(19-25)50-5)40(21)15-14-26(36(45)22-6-10-28(41)32(16-22)47-2)27(20-40)37(46)23-7-11-29(42)33(17-23)48-3/h6-13,16-19,38-39,41-44H,1,14-15,20H2,2-5H3. The zero-order valence-corrected chi connectivity index (χ0v) is 28.6. The molecule has 0 amide bonds. The predicted octanol–water partition coefficient (Wildman–Crippen LogP) is 7.14. The van der Waals surface area contributed by atoms with Crippen LogP contribution in [-0.4, -0.2) is 60.4 Å². The first-order chi connectivity index (χ1) is 24.5. The second-order valence-electron chi connectivity index (χ2n) is 12.5. The number of rotatable bonds is 10. The van der Waals surface area contributed by atoms with Crippen LogP contribution in [-0.2, 0) is 4.74 Å². The number of methoxy groups -OCH3 is 4. The Hall–Kier alpha value is -5.94. The van der Waals surface area contributed by atoms with Crippen LogP contribution in [0.1, 0.15) is 63.3 Å². The Labute approximate surface area is 294 Å². The Kier molecular flexibility index (Phi) is 9.42. The molecule has 2 aliphatic rings. The maximum Gasteiger partial charge on any atom is 0.189 e. The number of phenols is 4. The Morgan fingerprint density at radius 1 is 0.647 bits per heavy atom. The summed E-state index contributed by atoms with van der Waals surface area (Å²) in [6.07, 6.45) is -0.918. The van der Waals surface area contributed by atoms with Crippen molar-refractivity contribution in [3.05, 3.63) is 118 Å². The Bertz CT molecular complexity index is 2080. The van der Waals surface area contributed by atoms with Gasteiger partial charge >= 0.3 is 0 Å². The fraction of sp³-hybridized carbons (Fsp3) is 0.250. The van der Waals surface area contributed by atoms with E-state index in [2.05, 4.69) is 6.58 Å². The van der Waals surface area contributed by atoms with E-state index in [1.165, 1.54) is 77.0 Å². The summed E-state index contributed by atoms with van der Waals surface area (Å²) < 4.78 is 28.2. The van der Waals surface area contributed by atoms with E-state index in [-0.39, 0.29) is 81.1 Å². The molecule has 0 saturated carbocycles. The number of hydrogen-bond donors (Lipinski definition) is 4. The van der Waals surface area contributed by atoms with E-state index in [0.717, 1.165) is 0 Å². The van der Waals surface area contributed by atoms with Crippen molar-refractivity contribution in [3.8, 4) is 46.0 Å². The molecule has 1 spiro atoms. The molecule has 4 N–H and O–H groups in total. The van der Waals surface area contributed by atoms with Gasteiger partial charge < -0.3 is 44.1 Å². The Balaban J connectivity index is 1.54. The van der Waals surface area contributed by atoms with Crippen LogP contribution in [0, 0.1) is 5.41 Å². The van der Waals surface area contributed by atoms with Crippen LogP contribution in [0.15, 0.2) is 96.1 Å². The van der Waals surface area contributed by atoms with E-state index in [1.807, 2.05) is 0 Å². The number of carbonyl (C=O) groups excluding carboxylic acids is 2. The van der Waals surface area contributed by atoms with Gasteiger partial charge in [-0.1, -0.05) is 18.7 Å². The van der Waals surface area contributed by atoms with E-state index in [4.69, 9.17) is 23.7 Å². The van der Waals surface area contributed by atoms with Gasteiger partial charge in [-0.05, 0) is 96.6 Å². The molecule has 3 unspecified atom stereocenters. The molecule has 4 aromatic rings. The number of carbonyl (C=O) groups is 2. The van der Waals surface area contributed by atoms with Gasteiger partial charge in [0.1, 0.15) is 6.10 Å². The first-order valence-corrected chi connectivity index (χ1v) is 16.1. The van der Waals surface area contributed by atoms with Gasteiger partial charge in [-0.15, -0.1) is 0 Å². The second kappa shape index (κ2) is 13.8. The number of ketones is 2. The molecule has 6 rings (SSSR count). The first kappa shape index (κ1) is 34.9. The molecule has 11 nitrogen and oxygen atoms in total. The number of hydrogen-bond acceptors (Lipinski definition) is 11. The molecule has 11 heteroatoms. The van der Waals surface area contributed by atoms with Crippen molar-refractivity contribution < 1.29 is 53.7 Å². The lowest BCUT2D eigenvalue weighted by Crippen LogP contribution is -2.33. The number of phenolic OH excluding ortho intramolecular Hbond substituents is 4. The molecular formula is C40H38O11. The molecule has 0 radical (unpaired) electrons. The minimum atomic E-state index is -0.958. The Morgan fingerprint density at radius 3 is 1.59 bits per heavy atom. The maximum atomic E-state index is 14.6. The molecule has 1 aliphatic carbocycles. The van der Waals surface area contributed by atoms with Gasteiger partial charge in [0.2, 0.25) is 0 Å². The van der Waals surface area contributed by atoms with Gasteiger partial charge in [-0.2, -0.15) is 0 Å². The predicted molar refractivity (Wildman–Crippen MR) is 186 cm³/mol. The third-order valence-corrected chi connectivity index (χ3v) is 9.85. The SMILES string of the molecule is C=C1C(c2ccc(O)c(OC)c2)OC(c2ccc(O)c(OC)c2)C12CCC(C(=O)c1ccc(O)c(OC)c1)=C(C(=O)c1ccc(O)c(OC)c1)C2. The van der Waals surface area contributed by atoms with Gasteiger partial charge in [0.25, 0.3) is 0 Å². The number of benzene rings is 4. The summed E-state index contributed by atoms with van der Waals surface area (Å²) in [6, 6.07) is 18.3. The van der Waals surface area contributed by atoms with Crippen LogP contribution < -0.4 is 18.9 Å². The molecule has 1 heterocycles. The number of aromatic hydroxyl groups is 4. The Morgan fingerprint density at radius 2 is 1.08 bits per heavy atom. The molecule has 264 valence electrons. The van der Waals surface area contributed by atoms with Crippen LogP contribution in [0.5, 0.6) is 46.0 Å². The summed E-state index contributed by atoms with van der Waals surface area (Å²) >= 11 is 0. The minimum Gasteiger partial charge on any atom is -0.504 e. The van der Waals surface area contributed by atoms with Crippen molar-refractivity contribution in [2.24, 2.45) is 5.41 Å². The summed E-state index contributed by atoms with van der Waals surface area (Å²) in [5, 5.41) is 41.3. The number of ether oxygens (including phenoxy) is 5. The van der Waals surface area contributed by atoms with Crippen LogP contribution in [0.3, 0.4) is 0 Å². The monoisotopic (exact) mass is 694 g/mol. The largest absolute Gasteiger partial charge is 0.504 e. The summed E-state index contributed by atoms with van der Waals surface area (Å²) in [5.74, 6) is -0.605. The third-order valence-electron chi connectivity index (χ3n) is 9.85. The van der Waals surface area contributed by atoms with Crippen molar-refractivity contribution in [1.29, 1.82) is 0 Å². The average Bonchev–Trinajstić information content (AvgIpc) is 3.42. The highest BCUT2D eigenvalue weighted by molar-refractivity contribution is 6.18. The molecule has 1 fully saturated rings. The van der Waals surface area contributed by atoms with Gasteiger partial charge in [-0.3, -0.25) is 9.59 Å². The summed E-state index contributed by atoms with van der Waals surface area (Å²) in [7, 11) is 5.64. The van der Waals surface area contributed by atoms with Gasteiger partial charge in [0.05, 0.1) is 34.5 Å². The van der Waals surface area contributed by atoms with Crippen molar-refractivity contribution in [2.45, 2.75) is 31.5 Å². The maximum absolute atomic E-state index is 14.6. The molecule has 4 aromatic carbocycles. The highest BCUT2D eigenvalue weighted by Gasteiger charge is 2.55. The minimum absolute atomic E-state index is 0.0315. The van der Waals surface area contributed by atoms with E-state index < -0.39 is 29.2 Å². The molecule has 1 aliphatic heterocycles. The highest BCUT2D eigenvalue weighted by Crippen LogP contribution is 2.64. The zero-order valence-electron chi connectivity index (χ0n) is 28.6. The summed E-state index contributed by atoms with van der Waals surface area (Å²) in [4.78, 5) is 28.9. The third kappa shape index (κ3) is 6.10. The fourth-order valence-electron chi connectivity index (χ4n) is 7.13. The zero-order chi connectivity index (χ0) is 36.6. The smallest absolute Gasteiger partial charge is 0.189 e. The summed E-state index contributed by atoms with van der Waals surface area (Å²) in [6.45, 7) is 4.54. The second-order valence-corrected chi connectivity index (χ2v) is 12.5. The quantitative estimate of drug-likeness (QED) is 0.0986. The first-order valence-electron chi connectivity index (χ1n) is 16.1. The van der Waals surface area contributed by atoms with Crippen molar-refractivity contribution in [3.63, 3.8) is 0 Å². The topological polar surface area (TPSA) is 161 Å². The normalized spacial score (nSPS) is 20.0. The molecule has 0 aromatic heterocycles. The van der Waals surface area contributed by atoms with Crippen molar-refractivity contribution in [1.82, 2.24) is 0 Å². The van der Waals surface area contributed by atoms with Crippen LogP contribution >= 0.6 is 0 Å². The van der Waals surface area contributed by atoms with Crippen molar-refractivity contribution >= 4 is 11.6 Å². The number of allylic oxidation sites excluding steroid dienone is 2. The molecular weight excluding hydrogens is 656 g/mol. The fourth-order valence-corrected chi connectivity index (χ4v) is 7.13. The molecule has 51 heavy (non-hydrogen) atoms. The van der Waals surface area contributed by atoms with E-state index >= 15 is 0 Å². The number of Topliss-reactive ketones (excluding diaryl/α,β-unsaturated/α-hetero) is 2. The lowest BCUT2D eigenvalue weighted by atomic mass is 9.62. The van der Waals surface area contributed by atoms with E-state index in [0.29, 0.717) is 23.1 Å². The average molecular weight is 695 g/mol. The van der Waals surface area contributed by atoms with Gasteiger partial charge in [0.15, 0.2) is 57.6 Å². The van der Waals surface area contributed by atoms with Crippen LogP contribution in [0.4, 0.5) is 0 Å².